The summed E-state index contributed by atoms with van der Waals surface area (Å²) in [7, 11) is 0. The van der Waals surface area contributed by atoms with Crippen molar-refractivity contribution in [3.8, 4) is 11.5 Å². The van der Waals surface area contributed by atoms with Crippen molar-refractivity contribution in [2.24, 2.45) is 5.92 Å². The predicted octanol–water partition coefficient (Wildman–Crippen LogP) is 5.30. The molecule has 1 heterocycles. The monoisotopic (exact) mass is 300 g/mol. The Bertz CT molecular complexity index is 632. The normalized spacial score (nSPS) is 26.5. The van der Waals surface area contributed by atoms with Crippen LogP contribution in [-0.2, 0) is 5.41 Å². The van der Waals surface area contributed by atoms with Crippen molar-refractivity contribution in [2.45, 2.75) is 71.3 Å². The van der Waals surface area contributed by atoms with Crippen molar-refractivity contribution < 1.29 is 9.84 Å². The van der Waals surface area contributed by atoms with E-state index in [0.717, 1.165) is 29.7 Å². The highest BCUT2D eigenvalue weighted by molar-refractivity contribution is 5.53. The molecule has 1 aliphatic carbocycles. The van der Waals surface area contributed by atoms with Crippen LogP contribution in [0.2, 0.25) is 0 Å². The first kappa shape index (κ1) is 15.5. The molecule has 2 atom stereocenters. The highest BCUT2D eigenvalue weighted by Gasteiger charge is 2.45. The third-order valence-electron chi connectivity index (χ3n) is 5.37. The van der Waals surface area contributed by atoms with E-state index >= 15 is 0 Å². The fourth-order valence-corrected chi connectivity index (χ4v) is 4.00. The van der Waals surface area contributed by atoms with Gasteiger partial charge in [-0.15, -0.1) is 0 Å². The lowest BCUT2D eigenvalue weighted by Gasteiger charge is -2.47. The Morgan fingerprint density at radius 2 is 1.91 bits per heavy atom. The minimum Gasteiger partial charge on any atom is -0.508 e. The number of hydrogen-bond acceptors (Lipinski definition) is 2. The van der Waals surface area contributed by atoms with E-state index in [0.29, 0.717) is 17.6 Å². The zero-order valence-electron chi connectivity index (χ0n) is 14.7. The van der Waals surface area contributed by atoms with Gasteiger partial charge < -0.3 is 9.84 Å². The Labute approximate surface area is 134 Å². The molecule has 0 spiro atoms. The summed E-state index contributed by atoms with van der Waals surface area (Å²) in [6.45, 7) is 13.1. The maximum absolute atomic E-state index is 10.7. The molecule has 1 aliphatic heterocycles. The van der Waals surface area contributed by atoms with Crippen LogP contribution in [0, 0.1) is 5.92 Å². The molecule has 1 aromatic carbocycles. The first-order valence-electron chi connectivity index (χ1n) is 8.31. The maximum Gasteiger partial charge on any atom is 0.127 e. The van der Waals surface area contributed by atoms with E-state index in [1.165, 1.54) is 5.57 Å². The number of phenolic OH excluding ortho intramolecular Hbond substituents is 1. The highest BCUT2D eigenvalue weighted by atomic mass is 16.5. The van der Waals surface area contributed by atoms with Crippen LogP contribution in [0.5, 0.6) is 11.5 Å². The van der Waals surface area contributed by atoms with Gasteiger partial charge in [0.2, 0.25) is 0 Å². The average molecular weight is 300 g/mol. The van der Waals surface area contributed by atoms with E-state index in [-0.39, 0.29) is 11.0 Å². The summed E-state index contributed by atoms with van der Waals surface area (Å²) in [4.78, 5) is 0. The molecule has 0 amide bonds. The third-order valence-corrected chi connectivity index (χ3v) is 5.37. The number of hydrogen-bond donors (Lipinski definition) is 1. The zero-order chi connectivity index (χ0) is 16.3. The second kappa shape index (κ2) is 4.78. The SMILES string of the molecule is CC1=CC[C@@H]2[C@@H](C1)c1c(O)cc(C(C)(C)C)cc1OC2(C)C. The fourth-order valence-electron chi connectivity index (χ4n) is 4.00. The lowest BCUT2D eigenvalue weighted by atomic mass is 9.67. The molecule has 0 unspecified atom stereocenters. The van der Waals surface area contributed by atoms with Crippen molar-refractivity contribution in [1.29, 1.82) is 0 Å². The number of ether oxygens (including phenoxy) is 1. The Hall–Kier alpha value is -1.44. The summed E-state index contributed by atoms with van der Waals surface area (Å²) in [5.41, 5.74) is 3.37. The Morgan fingerprint density at radius 3 is 2.55 bits per heavy atom. The molecule has 1 N–H and O–H groups in total. The van der Waals surface area contributed by atoms with Gasteiger partial charge in [-0.1, -0.05) is 32.4 Å². The van der Waals surface area contributed by atoms with E-state index < -0.39 is 0 Å². The van der Waals surface area contributed by atoms with Crippen LogP contribution in [0.15, 0.2) is 23.8 Å². The van der Waals surface area contributed by atoms with E-state index in [9.17, 15) is 5.11 Å². The van der Waals surface area contributed by atoms with Crippen LogP contribution >= 0.6 is 0 Å². The molecule has 3 rings (SSSR count). The lowest BCUT2D eigenvalue weighted by Crippen LogP contribution is -2.45. The van der Waals surface area contributed by atoms with Gasteiger partial charge >= 0.3 is 0 Å². The Kier molecular flexibility index (Phi) is 3.36. The fraction of sp³-hybridized carbons (Fsp3) is 0.600. The number of rotatable bonds is 0. The van der Waals surface area contributed by atoms with E-state index in [1.807, 2.05) is 6.07 Å². The second-order valence-corrected chi connectivity index (χ2v) is 8.57. The molecule has 0 bridgehead atoms. The van der Waals surface area contributed by atoms with Gasteiger partial charge in [0.05, 0.1) is 0 Å². The van der Waals surface area contributed by atoms with E-state index in [1.54, 1.807) is 0 Å². The summed E-state index contributed by atoms with van der Waals surface area (Å²) < 4.78 is 6.35. The number of fused-ring (bicyclic) bond motifs is 3. The average Bonchev–Trinajstić information content (AvgIpc) is 2.35. The molecule has 2 nitrogen and oxygen atoms in total. The van der Waals surface area contributed by atoms with Crippen LogP contribution in [0.25, 0.3) is 0 Å². The quantitative estimate of drug-likeness (QED) is 0.659. The molecular formula is C20H28O2. The lowest BCUT2D eigenvalue weighted by molar-refractivity contribution is 0.00744. The minimum absolute atomic E-state index is 0.000748. The van der Waals surface area contributed by atoms with Crippen LogP contribution in [-0.4, -0.2) is 10.7 Å². The summed E-state index contributed by atoms with van der Waals surface area (Å²) in [5.74, 6) is 2.07. The molecule has 0 saturated heterocycles. The first-order chi connectivity index (χ1) is 10.1. The van der Waals surface area contributed by atoms with Gasteiger partial charge in [-0.05, 0) is 56.7 Å². The zero-order valence-corrected chi connectivity index (χ0v) is 14.7. The number of allylic oxidation sites excluding steroid dienone is 2. The second-order valence-electron chi connectivity index (χ2n) is 8.57. The molecule has 120 valence electrons. The number of aromatic hydroxyl groups is 1. The topological polar surface area (TPSA) is 29.5 Å². The van der Waals surface area contributed by atoms with Crippen molar-refractivity contribution in [3.63, 3.8) is 0 Å². The van der Waals surface area contributed by atoms with Crippen LogP contribution < -0.4 is 4.74 Å². The standard InChI is InChI=1S/C20H28O2/c1-12-7-8-15-14(9-12)18-16(21)10-13(19(2,3)4)11-17(18)22-20(15,5)6/h7,10-11,14-15,21H,8-9H2,1-6H3/t14-,15-/m1/s1. The van der Waals surface area contributed by atoms with Crippen LogP contribution in [0.1, 0.15) is 71.4 Å². The Morgan fingerprint density at radius 1 is 1.23 bits per heavy atom. The molecule has 0 radical (unpaired) electrons. The van der Waals surface area contributed by atoms with Gasteiger partial charge in [-0.2, -0.15) is 0 Å². The van der Waals surface area contributed by atoms with Gasteiger partial charge in [-0.3, -0.25) is 0 Å². The van der Waals surface area contributed by atoms with Crippen LogP contribution in [0.3, 0.4) is 0 Å². The van der Waals surface area contributed by atoms with Crippen molar-refractivity contribution >= 4 is 0 Å². The number of benzene rings is 1. The van der Waals surface area contributed by atoms with Crippen molar-refractivity contribution in [3.05, 3.63) is 34.9 Å². The largest absolute Gasteiger partial charge is 0.508 e. The maximum atomic E-state index is 10.7. The summed E-state index contributed by atoms with van der Waals surface area (Å²) in [6.07, 6.45) is 4.38. The molecule has 2 aliphatic rings. The van der Waals surface area contributed by atoms with Gasteiger partial charge in [0.15, 0.2) is 0 Å². The molecule has 22 heavy (non-hydrogen) atoms. The number of phenols is 1. The van der Waals surface area contributed by atoms with Crippen molar-refractivity contribution in [1.82, 2.24) is 0 Å². The smallest absolute Gasteiger partial charge is 0.127 e. The van der Waals surface area contributed by atoms with Gasteiger partial charge in [-0.25, -0.2) is 0 Å². The highest BCUT2D eigenvalue weighted by Crippen LogP contribution is 2.54. The van der Waals surface area contributed by atoms with Gasteiger partial charge in [0.25, 0.3) is 0 Å². The summed E-state index contributed by atoms with van der Waals surface area (Å²) in [5, 5.41) is 10.7. The predicted molar refractivity (Wildman–Crippen MR) is 90.7 cm³/mol. The molecule has 0 fully saturated rings. The van der Waals surface area contributed by atoms with E-state index in [2.05, 4.69) is 53.7 Å². The van der Waals surface area contributed by atoms with Gasteiger partial charge in [0, 0.05) is 17.4 Å². The summed E-state index contributed by atoms with van der Waals surface area (Å²) >= 11 is 0. The molecule has 1 aromatic rings. The molecule has 0 saturated carbocycles. The van der Waals surface area contributed by atoms with Gasteiger partial charge in [0.1, 0.15) is 17.1 Å². The van der Waals surface area contributed by atoms with E-state index in [4.69, 9.17) is 4.74 Å². The first-order valence-corrected chi connectivity index (χ1v) is 8.31. The Balaban J connectivity index is 2.16. The molecule has 2 heteroatoms. The third kappa shape index (κ3) is 2.43. The van der Waals surface area contributed by atoms with Crippen LogP contribution in [0.4, 0.5) is 0 Å². The summed E-state index contributed by atoms with van der Waals surface area (Å²) in [6, 6.07) is 4.08. The van der Waals surface area contributed by atoms with Crippen molar-refractivity contribution in [2.75, 3.05) is 0 Å². The molecule has 0 aromatic heterocycles. The minimum atomic E-state index is -0.197. The molecular weight excluding hydrogens is 272 g/mol.